The van der Waals surface area contributed by atoms with Crippen molar-refractivity contribution in [3.63, 3.8) is 0 Å². The Kier molecular flexibility index (Phi) is 2.72. The summed E-state index contributed by atoms with van der Waals surface area (Å²) in [7, 11) is 0. The second-order valence-corrected chi connectivity index (χ2v) is 7.41. The molecule has 1 aromatic carbocycles. The van der Waals surface area contributed by atoms with Crippen LogP contribution in [-0.4, -0.2) is 15.3 Å². The quantitative estimate of drug-likeness (QED) is 0.852. The van der Waals surface area contributed by atoms with Gasteiger partial charge in [0.1, 0.15) is 5.78 Å². The Morgan fingerprint density at radius 3 is 2.95 bits per heavy atom. The Bertz CT molecular complexity index is 815. The lowest BCUT2D eigenvalue weighted by Crippen LogP contribution is -2.31. The minimum atomic E-state index is 0.00119. The van der Waals surface area contributed by atoms with Gasteiger partial charge < -0.3 is 4.57 Å². The average Bonchev–Trinajstić information content (AvgIpc) is 2.93. The second-order valence-electron chi connectivity index (χ2n) is 7.41. The van der Waals surface area contributed by atoms with Crippen LogP contribution in [0.2, 0.25) is 0 Å². The van der Waals surface area contributed by atoms with Crippen molar-refractivity contribution in [2.24, 2.45) is 10.8 Å². The van der Waals surface area contributed by atoms with E-state index in [1.807, 2.05) is 18.5 Å². The molecular weight excluding hydrogens is 274 g/mol. The number of Topliss-reactive ketones (excluding diaryl/α,β-unsaturated/α-hetero) is 1. The molecule has 2 aromatic rings. The first-order valence-electron chi connectivity index (χ1n) is 7.92. The average molecular weight is 293 g/mol. The number of hydrogen-bond acceptors (Lipinski definition) is 3. The van der Waals surface area contributed by atoms with Crippen LogP contribution in [0.15, 0.2) is 24.5 Å². The number of aromatic nitrogens is 2. The molecule has 2 fully saturated rings. The minimum Gasteiger partial charge on any atom is -0.330 e. The molecule has 1 heterocycles. The van der Waals surface area contributed by atoms with E-state index in [0.717, 1.165) is 49.7 Å². The lowest BCUT2D eigenvalue weighted by Gasteiger charge is -2.38. The molecule has 4 nitrogen and oxygen atoms in total. The van der Waals surface area contributed by atoms with E-state index in [0.29, 0.717) is 11.3 Å². The molecule has 1 spiro atoms. The third-order valence-corrected chi connectivity index (χ3v) is 5.47. The summed E-state index contributed by atoms with van der Waals surface area (Å²) >= 11 is 0. The summed E-state index contributed by atoms with van der Waals surface area (Å²) in [6.07, 6.45) is 7.01. The van der Waals surface area contributed by atoms with Gasteiger partial charge in [0.05, 0.1) is 29.0 Å². The van der Waals surface area contributed by atoms with Crippen molar-refractivity contribution in [2.75, 3.05) is 0 Å². The van der Waals surface area contributed by atoms with Crippen LogP contribution in [0.4, 0.5) is 0 Å². The molecule has 0 unspecified atom stereocenters. The minimum absolute atomic E-state index is 0.00119. The number of imidazole rings is 1. The number of hydrogen-bond donors (Lipinski definition) is 0. The predicted octanol–water partition coefficient (Wildman–Crippen LogP) is 3.45. The summed E-state index contributed by atoms with van der Waals surface area (Å²) in [5.74, 6) is 0.459. The third-order valence-electron chi connectivity index (χ3n) is 5.47. The highest BCUT2D eigenvalue weighted by molar-refractivity contribution is 6.00. The summed E-state index contributed by atoms with van der Waals surface area (Å²) in [6.45, 7) is 3.16. The lowest BCUT2D eigenvalue weighted by molar-refractivity contribution is -0.114. The Hall–Kier alpha value is -2.15. The summed E-state index contributed by atoms with van der Waals surface area (Å²) in [4.78, 5) is 16.2. The van der Waals surface area contributed by atoms with Crippen molar-refractivity contribution >= 4 is 16.8 Å². The normalized spacial score (nSPS) is 30.6. The largest absolute Gasteiger partial charge is 0.330 e. The van der Waals surface area contributed by atoms with E-state index >= 15 is 0 Å². The monoisotopic (exact) mass is 293 g/mol. The zero-order valence-electron chi connectivity index (χ0n) is 12.8. The zero-order chi connectivity index (χ0) is 15.4. The molecule has 1 aromatic heterocycles. The number of carbonyl (C=O) groups excluding carboxylic acids is 1. The first-order valence-corrected chi connectivity index (χ1v) is 7.92. The van der Waals surface area contributed by atoms with Crippen LogP contribution in [0, 0.1) is 22.2 Å². The van der Waals surface area contributed by atoms with Gasteiger partial charge >= 0.3 is 0 Å². The Morgan fingerprint density at radius 1 is 1.41 bits per heavy atom. The van der Waals surface area contributed by atoms with Crippen molar-refractivity contribution in [1.29, 1.82) is 5.26 Å². The number of benzene rings is 1. The summed E-state index contributed by atoms with van der Waals surface area (Å²) in [6, 6.07) is 7.81. The third kappa shape index (κ3) is 2.04. The summed E-state index contributed by atoms with van der Waals surface area (Å²) in [5.41, 5.74) is 2.75. The molecule has 112 valence electrons. The maximum atomic E-state index is 11.8. The number of nitrogens with zero attached hydrogens (tertiary/aromatic N) is 3. The van der Waals surface area contributed by atoms with Crippen molar-refractivity contribution in [1.82, 2.24) is 9.55 Å². The molecule has 0 radical (unpaired) electrons. The van der Waals surface area contributed by atoms with Gasteiger partial charge in [-0.2, -0.15) is 5.26 Å². The van der Waals surface area contributed by atoms with Crippen LogP contribution >= 0.6 is 0 Å². The lowest BCUT2D eigenvalue weighted by atomic mass is 9.69. The van der Waals surface area contributed by atoms with Gasteiger partial charge in [-0.1, -0.05) is 13.3 Å². The van der Waals surface area contributed by atoms with Gasteiger partial charge in [-0.3, -0.25) is 4.79 Å². The number of ketones is 1. The van der Waals surface area contributed by atoms with Crippen molar-refractivity contribution in [2.45, 2.75) is 45.6 Å². The summed E-state index contributed by atoms with van der Waals surface area (Å²) < 4.78 is 2.15. The van der Waals surface area contributed by atoms with Crippen LogP contribution in [-0.2, 0) is 11.3 Å². The van der Waals surface area contributed by atoms with Gasteiger partial charge in [-0.25, -0.2) is 4.98 Å². The molecule has 0 saturated heterocycles. The van der Waals surface area contributed by atoms with Crippen molar-refractivity contribution < 1.29 is 4.79 Å². The molecule has 0 aliphatic heterocycles. The maximum absolute atomic E-state index is 11.8. The highest BCUT2D eigenvalue weighted by atomic mass is 16.1. The molecule has 2 atom stereocenters. The Balaban J connectivity index is 1.65. The highest BCUT2D eigenvalue weighted by Gasteiger charge is 2.57. The maximum Gasteiger partial charge on any atom is 0.140 e. The molecule has 0 N–H and O–H groups in total. The molecule has 2 aliphatic carbocycles. The van der Waals surface area contributed by atoms with Gasteiger partial charge in [-0.15, -0.1) is 0 Å². The SMILES string of the molecule is C[C@]1(Cn2cnc3ccc(C#N)cc32)CCC[C@]2(CC2=O)C1. The van der Waals surface area contributed by atoms with Crippen LogP contribution in [0.3, 0.4) is 0 Å². The first-order chi connectivity index (χ1) is 10.5. The van der Waals surface area contributed by atoms with Crippen LogP contribution in [0.1, 0.15) is 44.6 Å². The van der Waals surface area contributed by atoms with Gasteiger partial charge in [0.2, 0.25) is 0 Å². The van der Waals surface area contributed by atoms with E-state index in [4.69, 9.17) is 5.26 Å². The first kappa shape index (κ1) is 13.5. The molecule has 0 bridgehead atoms. The Labute approximate surface area is 129 Å². The number of carbonyl (C=O) groups is 1. The van der Waals surface area contributed by atoms with E-state index < -0.39 is 0 Å². The molecule has 2 saturated carbocycles. The molecule has 4 rings (SSSR count). The number of fused-ring (bicyclic) bond motifs is 1. The van der Waals surface area contributed by atoms with E-state index in [9.17, 15) is 4.79 Å². The molecular formula is C18H19N3O. The fourth-order valence-electron chi connectivity index (χ4n) is 4.30. The molecule has 22 heavy (non-hydrogen) atoms. The molecule has 2 aliphatic rings. The van der Waals surface area contributed by atoms with Gasteiger partial charge in [0.15, 0.2) is 0 Å². The number of rotatable bonds is 2. The summed E-state index contributed by atoms with van der Waals surface area (Å²) in [5, 5.41) is 9.09. The standard InChI is InChI=1S/C18H19N3O/c1-17(5-2-6-18(10-17)8-16(18)22)11-21-12-20-14-4-3-13(9-19)7-15(14)21/h3-4,7,12H,2,5-6,8,10-11H2,1H3/t17-,18-/m0/s1. The van der Waals surface area contributed by atoms with E-state index in [1.165, 1.54) is 0 Å². The molecule has 4 heteroatoms. The van der Waals surface area contributed by atoms with Gasteiger partial charge in [0, 0.05) is 18.4 Å². The second kappa shape index (κ2) is 4.42. The van der Waals surface area contributed by atoms with E-state index in [-0.39, 0.29) is 10.8 Å². The number of nitriles is 1. The Morgan fingerprint density at radius 2 is 2.23 bits per heavy atom. The van der Waals surface area contributed by atoms with E-state index in [1.54, 1.807) is 6.07 Å². The van der Waals surface area contributed by atoms with Crippen molar-refractivity contribution in [3.05, 3.63) is 30.1 Å². The van der Waals surface area contributed by atoms with Crippen LogP contribution in [0.5, 0.6) is 0 Å². The van der Waals surface area contributed by atoms with Crippen LogP contribution in [0.25, 0.3) is 11.0 Å². The van der Waals surface area contributed by atoms with Gasteiger partial charge in [0.25, 0.3) is 0 Å². The zero-order valence-corrected chi connectivity index (χ0v) is 12.8. The fraction of sp³-hybridized carbons (Fsp3) is 0.500. The molecule has 0 amide bonds. The fourth-order valence-corrected chi connectivity index (χ4v) is 4.30. The smallest absolute Gasteiger partial charge is 0.140 e. The highest BCUT2D eigenvalue weighted by Crippen LogP contribution is 2.58. The topological polar surface area (TPSA) is 58.7 Å². The van der Waals surface area contributed by atoms with Gasteiger partial charge in [-0.05, 0) is 42.9 Å². The van der Waals surface area contributed by atoms with E-state index in [2.05, 4.69) is 22.5 Å². The predicted molar refractivity (Wildman–Crippen MR) is 83.1 cm³/mol. The van der Waals surface area contributed by atoms with Crippen molar-refractivity contribution in [3.8, 4) is 6.07 Å². The van der Waals surface area contributed by atoms with Crippen LogP contribution < -0.4 is 0 Å².